The Morgan fingerprint density at radius 2 is 1.82 bits per heavy atom. The summed E-state index contributed by atoms with van der Waals surface area (Å²) in [5.41, 5.74) is 2.67. The fourth-order valence-electron chi connectivity index (χ4n) is 3.93. The molecule has 0 saturated carbocycles. The number of aliphatic hydroxyl groups excluding tert-OH is 1. The minimum Gasteiger partial charge on any atom is -0.444 e. The zero-order chi connectivity index (χ0) is 24.0. The highest BCUT2D eigenvalue weighted by molar-refractivity contribution is 5.86. The van der Waals surface area contributed by atoms with Gasteiger partial charge in [-0.25, -0.2) is 15.1 Å². The number of urea groups is 1. The van der Waals surface area contributed by atoms with E-state index in [1.54, 1.807) is 25.7 Å². The normalized spacial score (nSPS) is 23.2. The second-order valence-electron chi connectivity index (χ2n) is 9.50. The second kappa shape index (κ2) is 10.8. The van der Waals surface area contributed by atoms with E-state index >= 15 is 0 Å². The summed E-state index contributed by atoms with van der Waals surface area (Å²) in [7, 11) is 0. The van der Waals surface area contributed by atoms with Gasteiger partial charge in [-0.3, -0.25) is 14.5 Å². The molecule has 1 aromatic carbocycles. The first-order valence-corrected chi connectivity index (χ1v) is 11.3. The number of hydroxylamine groups is 1. The van der Waals surface area contributed by atoms with E-state index in [0.717, 1.165) is 5.56 Å². The van der Waals surface area contributed by atoms with Gasteiger partial charge in [0.05, 0.1) is 19.3 Å². The molecule has 10 heteroatoms. The third-order valence-electron chi connectivity index (χ3n) is 5.55. The fourth-order valence-corrected chi connectivity index (χ4v) is 3.93. The van der Waals surface area contributed by atoms with Crippen LogP contribution in [0.3, 0.4) is 0 Å². The quantitative estimate of drug-likeness (QED) is 0.574. The van der Waals surface area contributed by atoms with Gasteiger partial charge in [-0.2, -0.15) is 0 Å². The molecule has 33 heavy (non-hydrogen) atoms. The SMILES string of the molecule is CC(C)(C)OC(=O)N1CC(O)CCC1C(=O)NC1CCN(C(=O)NOCc2ccccc2)C1. The van der Waals surface area contributed by atoms with Gasteiger partial charge in [-0.05, 0) is 45.6 Å². The summed E-state index contributed by atoms with van der Waals surface area (Å²) < 4.78 is 5.41. The number of carbonyl (C=O) groups is 3. The predicted molar refractivity (Wildman–Crippen MR) is 120 cm³/mol. The zero-order valence-electron chi connectivity index (χ0n) is 19.5. The molecule has 1 aromatic rings. The molecule has 0 radical (unpaired) electrons. The number of ether oxygens (including phenoxy) is 1. The average molecular weight is 463 g/mol. The Morgan fingerprint density at radius 1 is 1.09 bits per heavy atom. The van der Waals surface area contributed by atoms with Gasteiger partial charge in [-0.1, -0.05) is 30.3 Å². The zero-order valence-corrected chi connectivity index (χ0v) is 19.5. The molecule has 0 bridgehead atoms. The van der Waals surface area contributed by atoms with E-state index in [1.165, 1.54) is 4.90 Å². The number of rotatable bonds is 5. The topological polar surface area (TPSA) is 120 Å². The van der Waals surface area contributed by atoms with Crippen molar-refractivity contribution in [1.29, 1.82) is 0 Å². The molecule has 0 aromatic heterocycles. The van der Waals surface area contributed by atoms with Crippen LogP contribution in [0.5, 0.6) is 0 Å². The highest BCUT2D eigenvalue weighted by Crippen LogP contribution is 2.22. The second-order valence-corrected chi connectivity index (χ2v) is 9.50. The lowest BCUT2D eigenvalue weighted by molar-refractivity contribution is -0.129. The van der Waals surface area contributed by atoms with Crippen molar-refractivity contribution in [3.8, 4) is 0 Å². The van der Waals surface area contributed by atoms with Crippen molar-refractivity contribution in [3.63, 3.8) is 0 Å². The molecule has 10 nitrogen and oxygen atoms in total. The molecule has 3 N–H and O–H groups in total. The molecule has 3 atom stereocenters. The summed E-state index contributed by atoms with van der Waals surface area (Å²) in [6.45, 7) is 6.38. The van der Waals surface area contributed by atoms with Crippen LogP contribution in [0.25, 0.3) is 0 Å². The summed E-state index contributed by atoms with van der Waals surface area (Å²) in [4.78, 5) is 46.1. The van der Waals surface area contributed by atoms with Crippen LogP contribution in [-0.4, -0.2) is 76.4 Å². The summed E-state index contributed by atoms with van der Waals surface area (Å²) in [5, 5.41) is 13.0. The number of aliphatic hydroxyl groups is 1. The molecule has 2 heterocycles. The number of piperidine rings is 1. The molecule has 182 valence electrons. The number of hydrogen-bond donors (Lipinski definition) is 3. The summed E-state index contributed by atoms with van der Waals surface area (Å²) in [6, 6.07) is 8.18. The Hall–Kier alpha value is -2.85. The molecule has 3 rings (SSSR count). The van der Waals surface area contributed by atoms with Gasteiger partial charge in [0.1, 0.15) is 11.6 Å². The van der Waals surface area contributed by atoms with Crippen LogP contribution in [0.1, 0.15) is 45.6 Å². The van der Waals surface area contributed by atoms with Crippen molar-refractivity contribution in [3.05, 3.63) is 35.9 Å². The van der Waals surface area contributed by atoms with E-state index in [0.29, 0.717) is 32.4 Å². The van der Waals surface area contributed by atoms with Gasteiger partial charge in [0.2, 0.25) is 5.91 Å². The lowest BCUT2D eigenvalue weighted by Gasteiger charge is -2.38. The van der Waals surface area contributed by atoms with Gasteiger partial charge >= 0.3 is 12.1 Å². The summed E-state index contributed by atoms with van der Waals surface area (Å²) >= 11 is 0. The third kappa shape index (κ3) is 7.33. The average Bonchev–Trinajstić information content (AvgIpc) is 3.21. The molecule has 3 unspecified atom stereocenters. The molecule has 0 spiro atoms. The highest BCUT2D eigenvalue weighted by Gasteiger charge is 2.39. The van der Waals surface area contributed by atoms with E-state index in [-0.39, 0.29) is 31.1 Å². The number of β-amino-alcohol motifs (C(OH)–C–C–N with tert-alkyl or cyclic N) is 1. The lowest BCUT2D eigenvalue weighted by atomic mass is 9.99. The number of nitrogens with zero attached hydrogens (tertiary/aromatic N) is 2. The van der Waals surface area contributed by atoms with Crippen LogP contribution in [0.15, 0.2) is 30.3 Å². The first kappa shape index (κ1) is 24.8. The number of carbonyl (C=O) groups excluding carboxylic acids is 3. The van der Waals surface area contributed by atoms with Crippen molar-refractivity contribution in [2.45, 2.75) is 70.4 Å². The Balaban J connectivity index is 1.48. The molecule has 4 amide bonds. The van der Waals surface area contributed by atoms with Crippen molar-refractivity contribution < 1.29 is 29.1 Å². The standard InChI is InChI=1S/C23H34N4O6/c1-23(2,3)33-22(31)27-14-18(28)9-10-19(27)20(29)24-17-11-12-26(13-17)21(30)25-32-15-16-7-5-4-6-8-16/h4-8,17-19,28H,9-15H2,1-3H3,(H,24,29)(H,25,30). The summed E-state index contributed by atoms with van der Waals surface area (Å²) in [6.07, 6.45) is 0.0540. The van der Waals surface area contributed by atoms with Crippen LogP contribution in [0, 0.1) is 0 Å². The van der Waals surface area contributed by atoms with E-state index in [2.05, 4.69) is 10.8 Å². The lowest BCUT2D eigenvalue weighted by Crippen LogP contribution is -2.57. The first-order valence-electron chi connectivity index (χ1n) is 11.3. The monoisotopic (exact) mass is 462 g/mol. The van der Waals surface area contributed by atoms with Crippen LogP contribution < -0.4 is 10.8 Å². The van der Waals surface area contributed by atoms with Gasteiger partial charge in [0, 0.05) is 19.1 Å². The van der Waals surface area contributed by atoms with Crippen molar-refractivity contribution >= 4 is 18.0 Å². The number of hydrogen-bond acceptors (Lipinski definition) is 6. The fraction of sp³-hybridized carbons (Fsp3) is 0.609. The maximum Gasteiger partial charge on any atom is 0.411 e. The number of amides is 4. The Labute approximate surface area is 194 Å². The van der Waals surface area contributed by atoms with Crippen LogP contribution in [0.2, 0.25) is 0 Å². The van der Waals surface area contributed by atoms with Crippen molar-refractivity contribution in [2.24, 2.45) is 0 Å². The predicted octanol–water partition coefficient (Wildman–Crippen LogP) is 1.78. The van der Waals surface area contributed by atoms with Crippen LogP contribution >= 0.6 is 0 Å². The first-order chi connectivity index (χ1) is 15.6. The third-order valence-corrected chi connectivity index (χ3v) is 5.55. The van der Waals surface area contributed by atoms with Crippen LogP contribution in [0.4, 0.5) is 9.59 Å². The van der Waals surface area contributed by atoms with Crippen molar-refractivity contribution in [2.75, 3.05) is 19.6 Å². The van der Waals surface area contributed by atoms with E-state index in [1.807, 2.05) is 30.3 Å². The van der Waals surface area contributed by atoms with Gasteiger partial charge < -0.3 is 20.1 Å². The molecule has 2 aliphatic rings. The maximum absolute atomic E-state index is 13.0. The van der Waals surface area contributed by atoms with E-state index in [9.17, 15) is 19.5 Å². The van der Waals surface area contributed by atoms with Gasteiger partial charge in [-0.15, -0.1) is 0 Å². The maximum atomic E-state index is 13.0. The molecule has 2 saturated heterocycles. The molecule has 2 fully saturated rings. The van der Waals surface area contributed by atoms with Crippen molar-refractivity contribution in [1.82, 2.24) is 20.6 Å². The molecular weight excluding hydrogens is 428 g/mol. The van der Waals surface area contributed by atoms with Crippen LogP contribution in [-0.2, 0) is 21.0 Å². The smallest absolute Gasteiger partial charge is 0.411 e. The highest BCUT2D eigenvalue weighted by atomic mass is 16.7. The van der Waals surface area contributed by atoms with E-state index in [4.69, 9.17) is 9.57 Å². The number of benzene rings is 1. The number of nitrogens with one attached hydrogen (secondary N) is 2. The minimum atomic E-state index is -0.722. The Morgan fingerprint density at radius 3 is 2.52 bits per heavy atom. The van der Waals surface area contributed by atoms with Gasteiger partial charge in [0.25, 0.3) is 0 Å². The van der Waals surface area contributed by atoms with E-state index < -0.39 is 23.8 Å². The number of likely N-dealkylation sites (tertiary alicyclic amines) is 2. The molecular formula is C23H34N4O6. The Kier molecular flexibility index (Phi) is 8.15. The largest absolute Gasteiger partial charge is 0.444 e. The van der Waals surface area contributed by atoms with Gasteiger partial charge in [0.15, 0.2) is 0 Å². The Bertz CT molecular complexity index is 828. The molecule has 0 aliphatic carbocycles. The molecule has 2 aliphatic heterocycles. The minimum absolute atomic E-state index is 0.0466. The summed E-state index contributed by atoms with van der Waals surface area (Å²) in [5.74, 6) is -0.305.